The molecule has 0 aliphatic heterocycles. The van der Waals surface area contributed by atoms with Crippen LogP contribution in [0.25, 0.3) is 0 Å². The minimum absolute atomic E-state index is 0. The molecule has 0 saturated carbocycles. The van der Waals surface area contributed by atoms with E-state index in [1.165, 1.54) is 19.2 Å². The molecule has 3 radical (unpaired) electrons. The Labute approximate surface area is 181 Å². The summed E-state index contributed by atoms with van der Waals surface area (Å²) in [6.07, 6.45) is 4.06. The van der Waals surface area contributed by atoms with Gasteiger partial charge in [0.25, 0.3) is 0 Å². The summed E-state index contributed by atoms with van der Waals surface area (Å²) in [5, 5.41) is 1.43. The minimum atomic E-state index is -0.0731. The predicted octanol–water partition coefficient (Wildman–Crippen LogP) is 2.28. The topological polar surface area (TPSA) is 42.9 Å². The Hall–Kier alpha value is 0.195. The molecular formula is C14H13BCl4N2NaO. The van der Waals surface area contributed by atoms with Crippen LogP contribution in [-0.4, -0.2) is 24.2 Å². The summed E-state index contributed by atoms with van der Waals surface area (Å²) >= 11 is 22.4. The van der Waals surface area contributed by atoms with Crippen molar-refractivity contribution in [2.75, 3.05) is 0 Å². The number of nitrogens with zero attached hydrogens (tertiary/aromatic N) is 2. The van der Waals surface area contributed by atoms with Gasteiger partial charge in [0.05, 0.1) is 10.0 Å². The molecule has 3 nitrogen and oxygen atoms in total. The molecule has 0 N–H and O–H groups in total. The number of aryl methyl sites for hydroxylation is 1. The fraction of sp³-hybridized carbons (Fsp3) is 0.214. The standard InChI is InChI=1S/C7H5Cl2NO.C7H7Cl2N.B.Na.H/c1-4(11)5-2-6(8)7(9)10-3-5;1-2-5-3-6(8)7(9)10-4-5;;;/h2-3H,1H3;3-4H,2H2,1H3;;;/q;;;+1;-1. The van der Waals surface area contributed by atoms with Gasteiger partial charge < -0.3 is 1.43 Å². The van der Waals surface area contributed by atoms with Crippen LogP contribution >= 0.6 is 46.4 Å². The molecule has 0 aromatic carbocycles. The monoisotopic (exact) mass is 399 g/mol. The molecule has 9 heteroatoms. The molecule has 2 aromatic rings. The van der Waals surface area contributed by atoms with Gasteiger partial charge in [-0.05, 0) is 31.0 Å². The Morgan fingerprint density at radius 3 is 1.91 bits per heavy atom. The maximum atomic E-state index is 10.8. The van der Waals surface area contributed by atoms with E-state index < -0.39 is 0 Å². The smallest absolute Gasteiger partial charge is 1.00 e. The number of carbonyl (C=O) groups is 1. The van der Waals surface area contributed by atoms with Gasteiger partial charge in [0.15, 0.2) is 5.78 Å². The molecule has 0 fully saturated rings. The van der Waals surface area contributed by atoms with E-state index in [0.717, 1.165) is 12.0 Å². The number of pyridine rings is 2. The molecule has 0 unspecified atom stereocenters. The van der Waals surface area contributed by atoms with Crippen molar-refractivity contribution >= 4 is 60.6 Å². The van der Waals surface area contributed by atoms with Gasteiger partial charge in [-0.15, -0.1) is 0 Å². The molecule has 0 saturated heterocycles. The second-order valence-corrected chi connectivity index (χ2v) is 5.55. The van der Waals surface area contributed by atoms with Gasteiger partial charge in [-0.1, -0.05) is 53.3 Å². The fourth-order valence-corrected chi connectivity index (χ4v) is 1.83. The van der Waals surface area contributed by atoms with Gasteiger partial charge in [-0.2, -0.15) is 0 Å². The number of hydrogen-bond donors (Lipinski definition) is 0. The van der Waals surface area contributed by atoms with Crippen molar-refractivity contribution in [1.82, 2.24) is 9.97 Å². The van der Waals surface area contributed by atoms with Gasteiger partial charge in [0.2, 0.25) is 0 Å². The van der Waals surface area contributed by atoms with Gasteiger partial charge >= 0.3 is 29.6 Å². The molecule has 2 aromatic heterocycles. The number of aromatic nitrogens is 2. The van der Waals surface area contributed by atoms with Gasteiger partial charge in [0, 0.05) is 26.4 Å². The molecule has 0 spiro atoms. The van der Waals surface area contributed by atoms with E-state index in [1.54, 1.807) is 6.20 Å². The van der Waals surface area contributed by atoms with E-state index in [9.17, 15) is 4.79 Å². The molecular weight excluding hydrogens is 388 g/mol. The number of hydrogen-bond acceptors (Lipinski definition) is 3. The van der Waals surface area contributed by atoms with Gasteiger partial charge in [-0.25, -0.2) is 9.97 Å². The van der Waals surface area contributed by atoms with Crippen LogP contribution in [0.15, 0.2) is 24.5 Å². The van der Waals surface area contributed by atoms with E-state index >= 15 is 0 Å². The van der Waals surface area contributed by atoms with Crippen LogP contribution in [0.2, 0.25) is 20.4 Å². The third-order valence-electron chi connectivity index (χ3n) is 2.46. The summed E-state index contributed by atoms with van der Waals surface area (Å²) < 4.78 is 0. The van der Waals surface area contributed by atoms with Crippen molar-refractivity contribution in [3.63, 3.8) is 0 Å². The Morgan fingerprint density at radius 2 is 1.52 bits per heavy atom. The summed E-state index contributed by atoms with van der Waals surface area (Å²) in [6.45, 7) is 3.49. The van der Waals surface area contributed by atoms with Crippen LogP contribution in [0, 0.1) is 0 Å². The van der Waals surface area contributed by atoms with E-state index in [1.807, 2.05) is 13.0 Å². The van der Waals surface area contributed by atoms with Crippen molar-refractivity contribution in [2.45, 2.75) is 20.3 Å². The largest absolute Gasteiger partial charge is 1.00 e. The molecule has 0 aliphatic carbocycles. The summed E-state index contributed by atoms with van der Waals surface area (Å²) in [4.78, 5) is 18.4. The van der Waals surface area contributed by atoms with Crippen molar-refractivity contribution < 1.29 is 35.8 Å². The quantitative estimate of drug-likeness (QED) is 0.441. The van der Waals surface area contributed by atoms with Crippen LogP contribution in [-0.2, 0) is 6.42 Å². The number of ketones is 1. The first-order valence-electron chi connectivity index (χ1n) is 5.97. The van der Waals surface area contributed by atoms with Crippen molar-refractivity contribution in [1.29, 1.82) is 0 Å². The first-order chi connectivity index (χ1) is 9.85. The molecule has 2 rings (SSSR count). The summed E-state index contributed by atoms with van der Waals surface area (Å²) in [6, 6.07) is 3.33. The zero-order chi connectivity index (χ0) is 16.0. The van der Waals surface area contributed by atoms with E-state index in [4.69, 9.17) is 46.4 Å². The van der Waals surface area contributed by atoms with Crippen LogP contribution in [0.1, 0.15) is 31.2 Å². The second-order valence-electron chi connectivity index (χ2n) is 4.02. The number of halogens is 4. The summed E-state index contributed by atoms with van der Waals surface area (Å²) in [7, 11) is 0. The van der Waals surface area contributed by atoms with Gasteiger partial charge in [0.1, 0.15) is 10.3 Å². The summed E-state index contributed by atoms with van der Waals surface area (Å²) in [5.74, 6) is -0.0731. The molecule has 0 amide bonds. The Balaban J connectivity index is -0.000000328. The molecule has 117 valence electrons. The maximum absolute atomic E-state index is 10.8. The van der Waals surface area contributed by atoms with Crippen LogP contribution in [0.3, 0.4) is 0 Å². The maximum Gasteiger partial charge on any atom is 1.00 e. The molecule has 2 heterocycles. The SMILES string of the molecule is CC(=O)c1cnc(Cl)c(Cl)c1.CCc1cnc(Cl)c(Cl)c1.[B].[H-].[Na+]. The van der Waals surface area contributed by atoms with Crippen LogP contribution in [0.5, 0.6) is 0 Å². The van der Waals surface area contributed by atoms with Crippen LogP contribution < -0.4 is 29.6 Å². The first-order valence-corrected chi connectivity index (χ1v) is 7.48. The zero-order valence-corrected chi connectivity index (χ0v) is 17.9. The minimum Gasteiger partial charge on any atom is -1.00 e. The summed E-state index contributed by atoms with van der Waals surface area (Å²) in [5.41, 5.74) is 1.58. The second kappa shape index (κ2) is 12.5. The third-order valence-corrected chi connectivity index (χ3v) is 3.84. The number of rotatable bonds is 2. The molecule has 0 bridgehead atoms. The number of carbonyl (C=O) groups excluding carboxylic acids is 1. The Morgan fingerprint density at radius 1 is 1.04 bits per heavy atom. The van der Waals surface area contributed by atoms with Gasteiger partial charge in [-0.3, -0.25) is 4.79 Å². The van der Waals surface area contributed by atoms with Crippen molar-refractivity contribution in [2.24, 2.45) is 0 Å². The van der Waals surface area contributed by atoms with Crippen molar-refractivity contribution in [3.05, 3.63) is 56.0 Å². The average molecular weight is 401 g/mol. The Kier molecular flexibility index (Phi) is 13.9. The first kappa shape index (κ1) is 25.4. The molecule has 0 aliphatic rings. The fourth-order valence-electron chi connectivity index (χ4n) is 1.27. The predicted molar refractivity (Wildman–Crippen MR) is 94.8 cm³/mol. The molecule has 23 heavy (non-hydrogen) atoms. The average Bonchev–Trinajstić information content (AvgIpc) is 2.45. The van der Waals surface area contributed by atoms with E-state index in [2.05, 4.69) is 9.97 Å². The third kappa shape index (κ3) is 8.73. The molecule has 0 atom stereocenters. The van der Waals surface area contributed by atoms with E-state index in [0.29, 0.717) is 20.8 Å². The normalized spacial score (nSPS) is 8.96. The van der Waals surface area contributed by atoms with Crippen molar-refractivity contribution in [3.8, 4) is 0 Å². The Bertz CT molecular complexity index is 665. The number of Topliss-reactive ketones (excluding diaryl/α,β-unsaturated/α-hetero) is 1. The van der Waals surface area contributed by atoms with Crippen LogP contribution in [0.4, 0.5) is 0 Å². The van der Waals surface area contributed by atoms with E-state index in [-0.39, 0.29) is 50.3 Å². The zero-order valence-electron chi connectivity index (χ0n) is 13.9.